The number of ether oxygens (including phenoxy) is 5. The van der Waals surface area contributed by atoms with E-state index in [0.29, 0.717) is 16.7 Å². The van der Waals surface area contributed by atoms with Gasteiger partial charge < -0.3 is 23.7 Å². The van der Waals surface area contributed by atoms with Crippen molar-refractivity contribution in [1.82, 2.24) is 0 Å². The van der Waals surface area contributed by atoms with Gasteiger partial charge in [0.05, 0.1) is 18.2 Å². The van der Waals surface area contributed by atoms with Gasteiger partial charge in [-0.2, -0.15) is 5.26 Å². The number of carbonyl (C=O) groups is 4. The molecule has 0 saturated carbocycles. The van der Waals surface area contributed by atoms with Crippen molar-refractivity contribution in [3.8, 4) is 11.8 Å². The molecule has 0 aromatic heterocycles. The molecule has 0 amide bonds. The van der Waals surface area contributed by atoms with Gasteiger partial charge in [-0.25, -0.2) is 0 Å². The van der Waals surface area contributed by atoms with Crippen LogP contribution in [0.4, 0.5) is 0 Å². The van der Waals surface area contributed by atoms with Gasteiger partial charge in [-0.15, -0.1) is 0 Å². The number of esters is 3. The molecule has 1 aliphatic rings. The van der Waals surface area contributed by atoms with Gasteiger partial charge in [-0.3, -0.25) is 19.2 Å². The topological polar surface area (TPSA) is 138 Å². The molecule has 0 N–H and O–H groups in total. The van der Waals surface area contributed by atoms with Crippen molar-refractivity contribution >= 4 is 23.7 Å². The summed E-state index contributed by atoms with van der Waals surface area (Å²) in [5.74, 6) is -1.94. The molecule has 0 bridgehead atoms. The molecule has 1 aliphatic heterocycles. The zero-order valence-electron chi connectivity index (χ0n) is 19.3. The van der Waals surface area contributed by atoms with Crippen LogP contribution in [0.1, 0.15) is 42.3 Å². The third kappa shape index (κ3) is 6.65. The highest BCUT2D eigenvalue weighted by Gasteiger charge is 2.48. The summed E-state index contributed by atoms with van der Waals surface area (Å²) in [4.78, 5) is 47.6. The molecule has 35 heavy (non-hydrogen) atoms. The summed E-state index contributed by atoms with van der Waals surface area (Å²) in [6, 6.07) is 14.4. The maximum atomic E-state index is 12.7. The van der Waals surface area contributed by atoms with Gasteiger partial charge in [0.2, 0.25) is 12.4 Å². The van der Waals surface area contributed by atoms with Crippen LogP contribution in [0.5, 0.6) is 5.75 Å². The predicted molar refractivity (Wildman–Crippen MR) is 118 cm³/mol. The lowest BCUT2D eigenvalue weighted by atomic mass is 10.0. The van der Waals surface area contributed by atoms with E-state index in [9.17, 15) is 19.2 Å². The minimum absolute atomic E-state index is 0.171. The highest BCUT2D eigenvalue weighted by atomic mass is 16.7. The first-order valence-electron chi connectivity index (χ1n) is 10.6. The average molecular weight is 481 g/mol. The van der Waals surface area contributed by atoms with E-state index in [1.807, 2.05) is 6.07 Å². The number of nitriles is 1. The van der Waals surface area contributed by atoms with Crippen LogP contribution in [0.15, 0.2) is 48.5 Å². The van der Waals surface area contributed by atoms with Crippen molar-refractivity contribution in [2.24, 2.45) is 0 Å². The number of hydrogen-bond acceptors (Lipinski definition) is 10. The summed E-state index contributed by atoms with van der Waals surface area (Å²) in [6.45, 7) is 3.36. The van der Waals surface area contributed by atoms with Crippen molar-refractivity contribution < 1.29 is 42.9 Å². The minimum atomic E-state index is -1.23. The number of rotatable bonds is 7. The SMILES string of the molecule is CC(=O)O[C@@H]1[C@@H](Oc2ccc(C(=O)c3ccc(C#N)cc3)cc2)OC[C@H](OC(C)=O)[C@H]1OC(C)=O. The van der Waals surface area contributed by atoms with Crippen LogP contribution in [0.25, 0.3) is 0 Å². The number of hydrogen-bond donors (Lipinski definition) is 0. The van der Waals surface area contributed by atoms with E-state index in [1.165, 1.54) is 32.9 Å². The van der Waals surface area contributed by atoms with Gasteiger partial charge in [0.1, 0.15) is 5.75 Å². The van der Waals surface area contributed by atoms with Gasteiger partial charge in [0.15, 0.2) is 18.0 Å². The molecule has 10 heteroatoms. The fourth-order valence-corrected chi connectivity index (χ4v) is 3.49. The highest BCUT2D eigenvalue weighted by Crippen LogP contribution is 2.27. The largest absolute Gasteiger partial charge is 0.461 e. The summed E-state index contributed by atoms with van der Waals surface area (Å²) < 4.78 is 27.2. The van der Waals surface area contributed by atoms with E-state index in [0.717, 1.165) is 0 Å². The maximum Gasteiger partial charge on any atom is 0.303 e. The molecule has 2 aromatic carbocycles. The molecule has 0 unspecified atom stereocenters. The lowest BCUT2D eigenvalue weighted by Crippen LogP contribution is -2.59. The lowest BCUT2D eigenvalue weighted by molar-refractivity contribution is -0.259. The quantitative estimate of drug-likeness (QED) is 0.329. The Hall–Kier alpha value is -4.23. The molecular formula is C25H23NO9. The van der Waals surface area contributed by atoms with Crippen LogP contribution >= 0.6 is 0 Å². The highest BCUT2D eigenvalue weighted by molar-refractivity contribution is 6.09. The van der Waals surface area contributed by atoms with E-state index in [-0.39, 0.29) is 18.1 Å². The zero-order chi connectivity index (χ0) is 25.5. The van der Waals surface area contributed by atoms with E-state index < -0.39 is 42.5 Å². The Bertz CT molecular complexity index is 1140. The molecule has 3 rings (SSSR count). The zero-order valence-corrected chi connectivity index (χ0v) is 19.3. The number of ketones is 1. The lowest BCUT2D eigenvalue weighted by Gasteiger charge is -2.40. The van der Waals surface area contributed by atoms with Crippen molar-refractivity contribution in [3.05, 3.63) is 65.2 Å². The van der Waals surface area contributed by atoms with Crippen LogP contribution in [0.2, 0.25) is 0 Å². The second kappa shape index (κ2) is 11.3. The van der Waals surface area contributed by atoms with E-state index in [1.54, 1.807) is 36.4 Å². The third-order valence-electron chi connectivity index (χ3n) is 4.95. The first-order valence-corrected chi connectivity index (χ1v) is 10.6. The van der Waals surface area contributed by atoms with Crippen LogP contribution in [0.3, 0.4) is 0 Å². The van der Waals surface area contributed by atoms with Crippen molar-refractivity contribution in [3.63, 3.8) is 0 Å². The normalized spacial score (nSPS) is 21.2. The molecule has 0 aliphatic carbocycles. The summed E-state index contributed by atoms with van der Waals surface area (Å²) >= 11 is 0. The second-order valence-corrected chi connectivity index (χ2v) is 7.66. The van der Waals surface area contributed by atoms with Crippen molar-refractivity contribution in [1.29, 1.82) is 5.26 Å². The molecule has 2 aromatic rings. The Labute approximate surface area is 201 Å². The molecule has 10 nitrogen and oxygen atoms in total. The van der Waals surface area contributed by atoms with Gasteiger partial charge >= 0.3 is 17.9 Å². The van der Waals surface area contributed by atoms with Crippen LogP contribution in [-0.4, -0.2) is 54.9 Å². The molecule has 182 valence electrons. The van der Waals surface area contributed by atoms with E-state index in [4.69, 9.17) is 28.9 Å². The molecular weight excluding hydrogens is 458 g/mol. The Morgan fingerprint density at radius 2 is 1.31 bits per heavy atom. The summed E-state index contributed by atoms with van der Waals surface area (Å²) in [6.07, 6.45) is -4.58. The first kappa shape index (κ1) is 25.4. The van der Waals surface area contributed by atoms with Gasteiger partial charge in [-0.05, 0) is 48.5 Å². The molecule has 1 fully saturated rings. The van der Waals surface area contributed by atoms with E-state index >= 15 is 0 Å². The van der Waals surface area contributed by atoms with Gasteiger partial charge in [0.25, 0.3) is 0 Å². The number of nitrogens with zero attached hydrogens (tertiary/aromatic N) is 1. The fraction of sp³-hybridized carbons (Fsp3) is 0.320. The molecule has 0 spiro atoms. The molecule has 1 heterocycles. The van der Waals surface area contributed by atoms with Crippen LogP contribution < -0.4 is 4.74 Å². The Balaban J connectivity index is 1.78. The minimum Gasteiger partial charge on any atom is -0.461 e. The average Bonchev–Trinajstić information content (AvgIpc) is 2.82. The van der Waals surface area contributed by atoms with Crippen molar-refractivity contribution in [2.75, 3.05) is 6.61 Å². The summed E-state index contributed by atoms with van der Waals surface area (Å²) in [7, 11) is 0. The Kier molecular flexibility index (Phi) is 8.17. The monoisotopic (exact) mass is 481 g/mol. The van der Waals surface area contributed by atoms with E-state index in [2.05, 4.69) is 0 Å². The fourth-order valence-electron chi connectivity index (χ4n) is 3.49. The van der Waals surface area contributed by atoms with Gasteiger partial charge in [-0.1, -0.05) is 0 Å². The molecule has 1 saturated heterocycles. The van der Waals surface area contributed by atoms with Crippen molar-refractivity contribution in [2.45, 2.75) is 45.4 Å². The number of carbonyl (C=O) groups excluding carboxylic acids is 4. The maximum absolute atomic E-state index is 12.7. The van der Waals surface area contributed by atoms with Crippen LogP contribution in [0, 0.1) is 11.3 Å². The predicted octanol–water partition coefficient (Wildman–Crippen LogP) is 2.32. The summed E-state index contributed by atoms with van der Waals surface area (Å²) in [5, 5.41) is 8.90. The number of benzene rings is 2. The molecule has 0 radical (unpaired) electrons. The van der Waals surface area contributed by atoms with Gasteiger partial charge in [0, 0.05) is 31.9 Å². The van der Waals surface area contributed by atoms with Crippen LogP contribution in [-0.2, 0) is 33.3 Å². The first-order chi connectivity index (χ1) is 16.7. The Morgan fingerprint density at radius 3 is 1.83 bits per heavy atom. The second-order valence-electron chi connectivity index (χ2n) is 7.66. The standard InChI is InChI=1S/C25H23NO9/c1-14(27)32-21-13-31-25(24(34-16(3)29)23(21)33-15(2)28)35-20-10-8-19(9-11-20)22(30)18-6-4-17(12-26)5-7-18/h4-11,21,23-25H,13H2,1-3H3/t21-,23+,24-,25+/m0/s1. The smallest absolute Gasteiger partial charge is 0.303 e. The molecule has 4 atom stereocenters. The summed E-state index contributed by atoms with van der Waals surface area (Å²) in [5.41, 5.74) is 1.25. The third-order valence-corrected chi connectivity index (χ3v) is 4.95. The Morgan fingerprint density at radius 1 is 0.800 bits per heavy atom.